The second kappa shape index (κ2) is 13.2. The summed E-state index contributed by atoms with van der Waals surface area (Å²) in [5, 5.41) is 24.7. The number of aromatic amines is 1. The second-order valence-electron chi connectivity index (χ2n) is 10.2. The molecule has 2 amide bonds. The number of aromatic nitrogens is 1. The van der Waals surface area contributed by atoms with Gasteiger partial charge in [0.05, 0.1) is 28.7 Å². The minimum absolute atomic E-state index is 0.0947. The highest BCUT2D eigenvalue weighted by atomic mass is 127. The van der Waals surface area contributed by atoms with E-state index < -0.39 is 18.2 Å². The van der Waals surface area contributed by atoms with Crippen molar-refractivity contribution in [3.8, 4) is 5.75 Å². The van der Waals surface area contributed by atoms with Gasteiger partial charge < -0.3 is 34.9 Å². The van der Waals surface area contributed by atoms with E-state index in [0.29, 0.717) is 43.9 Å². The number of carbonyl (C=O) groups is 2. The number of benzene rings is 2. The minimum atomic E-state index is -1.07. The zero-order valence-electron chi connectivity index (χ0n) is 22.1. The van der Waals surface area contributed by atoms with Gasteiger partial charge in [-0.2, -0.15) is 0 Å². The predicted octanol–water partition coefficient (Wildman–Crippen LogP) is 2.80. The van der Waals surface area contributed by atoms with E-state index in [0.717, 1.165) is 20.2 Å². The molecule has 9 nitrogen and oxygen atoms in total. The first-order chi connectivity index (χ1) is 19.4. The molecule has 212 valence electrons. The number of H-pyrrole nitrogens is 1. The Hall–Kier alpha value is -2.93. The number of para-hydroxylation sites is 2. The van der Waals surface area contributed by atoms with Crippen LogP contribution in [-0.4, -0.2) is 83.1 Å². The molecule has 4 atom stereocenters. The molecule has 1 aliphatic heterocycles. The van der Waals surface area contributed by atoms with Crippen molar-refractivity contribution in [3.05, 3.63) is 75.5 Å². The summed E-state index contributed by atoms with van der Waals surface area (Å²) in [6.45, 7) is 1.13. The van der Waals surface area contributed by atoms with Gasteiger partial charge in [0.15, 0.2) is 0 Å². The predicted molar refractivity (Wildman–Crippen MR) is 159 cm³/mol. The van der Waals surface area contributed by atoms with Gasteiger partial charge in [-0.05, 0) is 64.7 Å². The van der Waals surface area contributed by atoms with Gasteiger partial charge in [0.2, 0.25) is 11.8 Å². The van der Waals surface area contributed by atoms with E-state index >= 15 is 0 Å². The molecule has 0 spiro atoms. The van der Waals surface area contributed by atoms with Crippen LogP contribution in [0.2, 0.25) is 0 Å². The van der Waals surface area contributed by atoms with Gasteiger partial charge in [-0.25, -0.2) is 0 Å². The van der Waals surface area contributed by atoms with Gasteiger partial charge in [-0.1, -0.05) is 30.3 Å². The monoisotopic (exact) mass is 659 g/mol. The Balaban J connectivity index is 1.44. The number of hydrogen-bond donors (Lipinski definition) is 4. The normalized spacial score (nSPS) is 22.6. The molecule has 3 aromatic rings. The average Bonchev–Trinajstić information content (AvgIpc) is 3.65. The summed E-state index contributed by atoms with van der Waals surface area (Å²) in [6.07, 6.45) is 1.04. The smallest absolute Gasteiger partial charge is 0.247 e. The second-order valence-corrected chi connectivity index (χ2v) is 11.3. The number of amides is 2. The van der Waals surface area contributed by atoms with Crippen molar-refractivity contribution in [3.63, 3.8) is 0 Å². The number of aliphatic hydroxyl groups excluding tert-OH is 2. The van der Waals surface area contributed by atoms with E-state index in [1.165, 1.54) is 0 Å². The molecule has 2 aromatic carbocycles. The van der Waals surface area contributed by atoms with Crippen molar-refractivity contribution >= 4 is 45.3 Å². The first-order valence-electron chi connectivity index (χ1n) is 13.6. The molecule has 40 heavy (non-hydrogen) atoms. The van der Waals surface area contributed by atoms with Crippen LogP contribution in [0.15, 0.2) is 66.2 Å². The van der Waals surface area contributed by atoms with Crippen molar-refractivity contribution in [2.45, 2.75) is 37.5 Å². The lowest BCUT2D eigenvalue weighted by Crippen LogP contribution is -2.56. The van der Waals surface area contributed by atoms with Crippen LogP contribution >= 0.6 is 22.6 Å². The largest absolute Gasteiger partial charge is 0.482 e. The number of nitrogens with zero attached hydrogens (tertiary/aromatic N) is 1. The summed E-state index contributed by atoms with van der Waals surface area (Å²) in [7, 11) is 0. The minimum Gasteiger partial charge on any atom is -0.482 e. The fraction of sp³-hybridized carbons (Fsp3) is 0.400. The Morgan fingerprint density at radius 2 is 1.98 bits per heavy atom. The number of carbonyl (C=O) groups excluding carboxylic acids is 2. The lowest BCUT2D eigenvalue weighted by Gasteiger charge is -2.41. The third-order valence-corrected chi connectivity index (χ3v) is 8.38. The fourth-order valence-electron chi connectivity index (χ4n) is 5.38. The molecule has 0 saturated carbocycles. The Morgan fingerprint density at radius 3 is 2.73 bits per heavy atom. The number of nitrogens with one attached hydrogen (secondary N) is 2. The Morgan fingerprint density at radius 1 is 1.18 bits per heavy atom. The number of fused-ring (bicyclic) bond motifs is 1. The standard InChI is InChI=1S/C30H34IN3O6/c31-23-6-2-4-8-26(23)40-27-17-21(29(37)32-11-13-35)16-25(28(27)36)34(30(38)20-10-14-39-18-20)12-9-22-15-19-5-1-3-7-24(19)33-22/h1-8,15,17,20,25,27-28,33,35-36H,9-14,16,18H2,(H,32,37)/t20?,25-,27+,28+/m1/s1. The quantitative estimate of drug-likeness (QED) is 0.249. The highest BCUT2D eigenvalue weighted by Gasteiger charge is 2.42. The summed E-state index contributed by atoms with van der Waals surface area (Å²) in [5.74, 6) is -0.168. The molecular formula is C30H34IN3O6. The molecule has 4 N–H and O–H groups in total. The topological polar surface area (TPSA) is 124 Å². The van der Waals surface area contributed by atoms with Gasteiger partial charge in [0.1, 0.15) is 18.0 Å². The molecule has 1 aliphatic carbocycles. The number of rotatable bonds is 10. The first-order valence-corrected chi connectivity index (χ1v) is 14.7. The molecular weight excluding hydrogens is 625 g/mol. The molecule has 0 bridgehead atoms. The van der Waals surface area contributed by atoms with E-state index in [2.05, 4.69) is 39.0 Å². The molecule has 2 aliphatic rings. The van der Waals surface area contributed by atoms with Gasteiger partial charge in [0.25, 0.3) is 0 Å². The molecule has 2 heterocycles. The first kappa shape index (κ1) is 28.6. The highest BCUT2D eigenvalue weighted by Crippen LogP contribution is 2.31. The van der Waals surface area contributed by atoms with Gasteiger partial charge >= 0.3 is 0 Å². The van der Waals surface area contributed by atoms with Crippen LogP contribution in [0.4, 0.5) is 0 Å². The molecule has 0 radical (unpaired) electrons. The van der Waals surface area contributed by atoms with Crippen LogP contribution < -0.4 is 10.1 Å². The molecule has 1 saturated heterocycles. The Kier molecular flexibility index (Phi) is 9.40. The van der Waals surface area contributed by atoms with Crippen molar-refractivity contribution in [2.24, 2.45) is 5.92 Å². The summed E-state index contributed by atoms with van der Waals surface area (Å²) in [6, 6.07) is 16.8. The molecule has 10 heteroatoms. The van der Waals surface area contributed by atoms with Crippen molar-refractivity contribution in [1.29, 1.82) is 0 Å². The average molecular weight is 660 g/mol. The van der Waals surface area contributed by atoms with Crippen LogP contribution in [-0.2, 0) is 20.7 Å². The van der Waals surface area contributed by atoms with E-state index in [9.17, 15) is 19.8 Å². The number of aliphatic hydroxyl groups is 2. The van der Waals surface area contributed by atoms with Crippen LogP contribution in [0, 0.1) is 9.49 Å². The van der Waals surface area contributed by atoms with E-state index in [1.807, 2.05) is 48.5 Å². The summed E-state index contributed by atoms with van der Waals surface area (Å²) in [5.41, 5.74) is 2.41. The highest BCUT2D eigenvalue weighted by molar-refractivity contribution is 14.1. The van der Waals surface area contributed by atoms with Gasteiger partial charge in [-0.3, -0.25) is 9.59 Å². The third-order valence-electron chi connectivity index (χ3n) is 7.48. The molecule has 1 aromatic heterocycles. The van der Waals surface area contributed by atoms with Crippen molar-refractivity contribution < 1.29 is 29.3 Å². The van der Waals surface area contributed by atoms with E-state index in [4.69, 9.17) is 9.47 Å². The maximum Gasteiger partial charge on any atom is 0.247 e. The molecule has 1 fully saturated rings. The summed E-state index contributed by atoms with van der Waals surface area (Å²) >= 11 is 2.16. The number of hydrogen-bond acceptors (Lipinski definition) is 6. The van der Waals surface area contributed by atoms with Gasteiger partial charge in [0, 0.05) is 49.3 Å². The number of ether oxygens (including phenoxy) is 2. The van der Waals surface area contributed by atoms with Crippen LogP contribution in [0.5, 0.6) is 5.75 Å². The van der Waals surface area contributed by atoms with Crippen molar-refractivity contribution in [1.82, 2.24) is 15.2 Å². The Bertz CT molecular complexity index is 1340. The van der Waals surface area contributed by atoms with E-state index in [1.54, 1.807) is 11.0 Å². The van der Waals surface area contributed by atoms with Crippen LogP contribution in [0.1, 0.15) is 18.5 Å². The SMILES string of the molecule is O=C(NCCO)C1=C[C@H](Oc2ccccc2I)[C@@H](O)[C@H](N(CCc2cc3ccccc3[nH]2)C(=O)C2CCOC2)C1. The zero-order chi connectivity index (χ0) is 28.1. The number of halogens is 1. The summed E-state index contributed by atoms with van der Waals surface area (Å²) in [4.78, 5) is 32.1. The van der Waals surface area contributed by atoms with Gasteiger partial charge in [-0.15, -0.1) is 0 Å². The fourth-order valence-corrected chi connectivity index (χ4v) is 5.89. The van der Waals surface area contributed by atoms with Crippen LogP contribution in [0.25, 0.3) is 10.9 Å². The lowest BCUT2D eigenvalue weighted by molar-refractivity contribution is -0.142. The maximum absolute atomic E-state index is 13.9. The maximum atomic E-state index is 13.9. The third kappa shape index (κ3) is 6.51. The Labute approximate surface area is 246 Å². The molecule has 5 rings (SSSR count). The van der Waals surface area contributed by atoms with Crippen LogP contribution in [0.3, 0.4) is 0 Å². The lowest BCUT2D eigenvalue weighted by atomic mass is 9.87. The molecule has 1 unspecified atom stereocenters. The van der Waals surface area contributed by atoms with Crippen molar-refractivity contribution in [2.75, 3.05) is 32.9 Å². The zero-order valence-corrected chi connectivity index (χ0v) is 24.2. The van der Waals surface area contributed by atoms with E-state index in [-0.39, 0.29) is 37.3 Å². The summed E-state index contributed by atoms with van der Waals surface area (Å²) < 4.78 is 12.6.